The lowest BCUT2D eigenvalue weighted by atomic mass is 10.4. The van der Waals surface area contributed by atoms with Gasteiger partial charge in [0.25, 0.3) is 0 Å². The first kappa shape index (κ1) is 10.8. The van der Waals surface area contributed by atoms with Gasteiger partial charge in [0, 0.05) is 12.0 Å². The van der Waals surface area contributed by atoms with Gasteiger partial charge < -0.3 is 5.32 Å². The molecule has 0 aromatic heterocycles. The molecular weight excluding hydrogens is 185 g/mol. The van der Waals surface area contributed by atoms with Crippen LogP contribution in [0.25, 0.3) is 0 Å². The van der Waals surface area contributed by atoms with Gasteiger partial charge in [-0.05, 0) is 6.66 Å². The molecule has 0 fully saturated rings. The average molecular weight is 197 g/mol. The number of hydrogen-bond acceptors (Lipinski definition) is 3. The highest BCUT2D eigenvalue weighted by Crippen LogP contribution is 2.00. The molecule has 0 rings (SSSR count). The van der Waals surface area contributed by atoms with Crippen LogP contribution in [0.2, 0.25) is 0 Å². The quantitative estimate of drug-likeness (QED) is 0.445. The third kappa shape index (κ3) is 4.56. The fourth-order valence-corrected chi connectivity index (χ4v) is 1.53. The van der Waals surface area contributed by atoms with E-state index < -0.39 is 0 Å². The Morgan fingerprint density at radius 2 is 2.40 bits per heavy atom. The summed E-state index contributed by atoms with van der Waals surface area (Å²) >= 11 is 7.70. The highest BCUT2D eigenvalue weighted by atomic mass is 32.1. The molecule has 0 radical (unpaired) electrons. The van der Waals surface area contributed by atoms with E-state index in [9.17, 15) is 4.79 Å². The standard InChI is InChI=1S/C5H12NOPS2/c1-8-3-6-4(2-9)5(7)10/h4,6,8-9H,2-3H2,1H3,(H,7,10)/t4-/m0/s1. The summed E-state index contributed by atoms with van der Waals surface area (Å²) in [6.45, 7) is 2.07. The monoisotopic (exact) mass is 197 g/mol. The first-order valence-electron chi connectivity index (χ1n) is 2.94. The van der Waals surface area contributed by atoms with Crippen LogP contribution in [0, 0.1) is 0 Å². The fraction of sp³-hybridized carbons (Fsp3) is 0.800. The van der Waals surface area contributed by atoms with Crippen molar-refractivity contribution < 1.29 is 4.79 Å². The van der Waals surface area contributed by atoms with Crippen LogP contribution in [0.3, 0.4) is 0 Å². The number of rotatable bonds is 5. The van der Waals surface area contributed by atoms with Gasteiger partial charge in [-0.2, -0.15) is 12.6 Å². The second-order valence-corrected chi connectivity index (χ2v) is 3.67. The molecule has 0 aliphatic rings. The average Bonchev–Trinajstić information content (AvgIpc) is 1.89. The molecule has 2 nitrogen and oxygen atoms in total. The molecule has 1 N–H and O–H groups in total. The minimum absolute atomic E-state index is 0.131. The first-order chi connectivity index (χ1) is 4.72. The van der Waals surface area contributed by atoms with Crippen molar-refractivity contribution in [2.24, 2.45) is 0 Å². The SMILES string of the molecule is CPCN[C@@H](CS)C(=O)S. The predicted molar refractivity (Wildman–Crippen MR) is 53.9 cm³/mol. The highest BCUT2D eigenvalue weighted by Gasteiger charge is 2.10. The molecule has 0 aromatic carbocycles. The second kappa shape index (κ2) is 6.47. The van der Waals surface area contributed by atoms with E-state index in [2.05, 4.69) is 37.2 Å². The molecule has 10 heavy (non-hydrogen) atoms. The second-order valence-electron chi connectivity index (χ2n) is 1.81. The van der Waals surface area contributed by atoms with Crippen molar-refractivity contribution in [3.8, 4) is 0 Å². The van der Waals surface area contributed by atoms with E-state index in [1.54, 1.807) is 0 Å². The molecule has 0 bridgehead atoms. The molecule has 5 heteroatoms. The maximum Gasteiger partial charge on any atom is 0.203 e. The normalized spacial score (nSPS) is 14.3. The number of carbonyl (C=O) groups excluding carboxylic acids is 1. The molecule has 0 saturated carbocycles. The Morgan fingerprint density at radius 1 is 1.80 bits per heavy atom. The summed E-state index contributed by atoms with van der Waals surface area (Å²) in [5.74, 6) is 0.521. The van der Waals surface area contributed by atoms with Crippen LogP contribution in [0.1, 0.15) is 0 Å². The smallest absolute Gasteiger partial charge is 0.203 e. The van der Waals surface area contributed by atoms with Gasteiger partial charge in [-0.25, -0.2) is 0 Å². The number of nitrogens with one attached hydrogen (secondary N) is 1. The third-order valence-corrected chi connectivity index (χ3v) is 2.24. The van der Waals surface area contributed by atoms with E-state index in [0.717, 1.165) is 14.9 Å². The Bertz CT molecular complexity index is 112. The lowest BCUT2D eigenvalue weighted by Crippen LogP contribution is -2.35. The minimum Gasteiger partial charge on any atom is -0.302 e. The number of hydrogen-bond donors (Lipinski definition) is 3. The van der Waals surface area contributed by atoms with Crippen molar-refractivity contribution in [2.45, 2.75) is 6.04 Å². The number of thiol groups is 2. The summed E-state index contributed by atoms with van der Waals surface area (Å²) in [5.41, 5.74) is 0. The molecule has 2 atom stereocenters. The molecule has 0 aliphatic carbocycles. The van der Waals surface area contributed by atoms with E-state index in [1.165, 1.54) is 0 Å². The fourth-order valence-electron chi connectivity index (χ4n) is 0.455. The maximum absolute atomic E-state index is 10.6. The van der Waals surface area contributed by atoms with Crippen molar-refractivity contribution in [1.29, 1.82) is 0 Å². The van der Waals surface area contributed by atoms with Gasteiger partial charge in [-0.15, -0.1) is 21.2 Å². The molecule has 0 heterocycles. The molecule has 0 saturated heterocycles. The molecule has 0 aromatic rings. The molecule has 0 spiro atoms. The van der Waals surface area contributed by atoms with Crippen molar-refractivity contribution in [3.63, 3.8) is 0 Å². The number of carbonyl (C=O) groups is 1. The lowest BCUT2D eigenvalue weighted by Gasteiger charge is -2.10. The predicted octanol–water partition coefficient (Wildman–Crippen LogP) is 0.597. The Labute approximate surface area is 74.1 Å². The maximum atomic E-state index is 10.6. The van der Waals surface area contributed by atoms with Crippen LogP contribution in [0.4, 0.5) is 0 Å². The van der Waals surface area contributed by atoms with Crippen LogP contribution >= 0.6 is 33.8 Å². The molecule has 0 amide bonds. The first-order valence-corrected chi connectivity index (χ1v) is 5.72. The summed E-state index contributed by atoms with van der Waals surface area (Å²) in [4.78, 5) is 10.6. The van der Waals surface area contributed by atoms with E-state index in [0.29, 0.717) is 5.75 Å². The van der Waals surface area contributed by atoms with E-state index in [-0.39, 0.29) is 11.2 Å². The summed E-state index contributed by atoms with van der Waals surface area (Å²) in [6, 6.07) is -0.181. The highest BCUT2D eigenvalue weighted by molar-refractivity contribution is 7.96. The Morgan fingerprint density at radius 3 is 2.70 bits per heavy atom. The van der Waals surface area contributed by atoms with Crippen LogP contribution in [0.15, 0.2) is 0 Å². The summed E-state index contributed by atoms with van der Waals surface area (Å²) < 4.78 is 0. The zero-order chi connectivity index (χ0) is 7.98. The van der Waals surface area contributed by atoms with Crippen molar-refractivity contribution >= 4 is 39.0 Å². The van der Waals surface area contributed by atoms with Crippen LogP contribution in [-0.2, 0) is 4.79 Å². The molecular formula is C5H12NOPS2. The molecule has 60 valence electrons. The van der Waals surface area contributed by atoms with Crippen molar-refractivity contribution in [1.82, 2.24) is 5.32 Å². The topological polar surface area (TPSA) is 29.1 Å². The van der Waals surface area contributed by atoms with E-state index >= 15 is 0 Å². The van der Waals surface area contributed by atoms with Gasteiger partial charge in [0.15, 0.2) is 0 Å². The zero-order valence-electron chi connectivity index (χ0n) is 5.79. The van der Waals surface area contributed by atoms with Gasteiger partial charge >= 0.3 is 0 Å². The molecule has 1 unspecified atom stereocenters. The lowest BCUT2D eigenvalue weighted by molar-refractivity contribution is -0.112. The Kier molecular flexibility index (Phi) is 6.96. The Hall–Kier alpha value is 0.760. The largest absolute Gasteiger partial charge is 0.302 e. The van der Waals surface area contributed by atoms with Gasteiger partial charge in [0.2, 0.25) is 5.12 Å². The zero-order valence-corrected chi connectivity index (χ0v) is 8.58. The van der Waals surface area contributed by atoms with Crippen LogP contribution in [-0.4, -0.2) is 29.9 Å². The van der Waals surface area contributed by atoms with Gasteiger partial charge in [0.1, 0.15) is 0 Å². The Balaban J connectivity index is 3.50. The third-order valence-electron chi connectivity index (χ3n) is 1.01. The summed E-state index contributed by atoms with van der Waals surface area (Å²) in [7, 11) is 0.815. The summed E-state index contributed by atoms with van der Waals surface area (Å²) in [6.07, 6.45) is 0.873. The van der Waals surface area contributed by atoms with Crippen molar-refractivity contribution in [3.05, 3.63) is 0 Å². The summed E-state index contributed by atoms with van der Waals surface area (Å²) in [5, 5.41) is 2.90. The van der Waals surface area contributed by atoms with Crippen LogP contribution in [0.5, 0.6) is 0 Å². The van der Waals surface area contributed by atoms with Crippen molar-refractivity contribution in [2.75, 3.05) is 18.7 Å². The van der Waals surface area contributed by atoms with Gasteiger partial charge in [-0.1, -0.05) is 0 Å². The van der Waals surface area contributed by atoms with E-state index in [1.807, 2.05) is 0 Å². The van der Waals surface area contributed by atoms with E-state index in [4.69, 9.17) is 0 Å². The van der Waals surface area contributed by atoms with Crippen LogP contribution < -0.4 is 5.32 Å². The van der Waals surface area contributed by atoms with Gasteiger partial charge in [-0.3, -0.25) is 4.79 Å². The molecule has 0 aliphatic heterocycles. The van der Waals surface area contributed by atoms with Gasteiger partial charge in [0.05, 0.1) is 6.04 Å². The minimum atomic E-state index is -0.181.